The normalized spacial score (nSPS) is 17.3. The van der Waals surface area contributed by atoms with Gasteiger partial charge in [0.05, 0.1) is 22.5 Å². The first-order valence-corrected chi connectivity index (χ1v) is 8.66. The van der Waals surface area contributed by atoms with Crippen molar-refractivity contribution in [3.8, 4) is 6.07 Å². The third kappa shape index (κ3) is 3.85. The van der Waals surface area contributed by atoms with Gasteiger partial charge in [0.15, 0.2) is 0 Å². The molecular weight excluding hydrogens is 327 g/mol. The van der Waals surface area contributed by atoms with Crippen molar-refractivity contribution in [1.29, 1.82) is 5.26 Å². The highest BCUT2D eigenvalue weighted by Gasteiger charge is 2.35. The van der Waals surface area contributed by atoms with E-state index in [1.807, 2.05) is 17.2 Å². The van der Waals surface area contributed by atoms with Crippen LogP contribution in [0, 0.1) is 11.3 Å². The van der Waals surface area contributed by atoms with E-state index in [2.05, 4.69) is 6.07 Å². The number of nitriles is 1. The number of piperidine rings is 1. The molecule has 2 rings (SSSR count). The molecule has 1 amide bonds. The third-order valence-electron chi connectivity index (χ3n) is 3.86. The van der Waals surface area contributed by atoms with Crippen LogP contribution in [0.25, 0.3) is 0 Å². The molecule has 0 radical (unpaired) electrons. The summed E-state index contributed by atoms with van der Waals surface area (Å²) in [6, 6.07) is 7.63. The fourth-order valence-electron chi connectivity index (χ4n) is 2.41. The van der Waals surface area contributed by atoms with Gasteiger partial charge >= 0.3 is 0 Å². The van der Waals surface area contributed by atoms with E-state index in [-0.39, 0.29) is 10.7 Å². The van der Waals surface area contributed by atoms with E-state index >= 15 is 0 Å². The SMILES string of the molecule is CSC1(C#N)CCN(C(=O)Cc2ccc(Cl)c(Cl)c2)CC1. The van der Waals surface area contributed by atoms with Crippen molar-refractivity contribution in [2.45, 2.75) is 24.0 Å². The lowest BCUT2D eigenvalue weighted by Gasteiger charge is -2.36. The van der Waals surface area contributed by atoms with Gasteiger partial charge in [-0.05, 0) is 36.8 Å². The maximum absolute atomic E-state index is 12.3. The molecule has 0 spiro atoms. The number of amides is 1. The molecule has 1 fully saturated rings. The maximum Gasteiger partial charge on any atom is 0.226 e. The lowest BCUT2D eigenvalue weighted by Crippen LogP contribution is -2.44. The summed E-state index contributed by atoms with van der Waals surface area (Å²) in [5.41, 5.74) is 0.858. The van der Waals surface area contributed by atoms with Crippen LogP contribution in [0.3, 0.4) is 0 Å². The highest BCUT2D eigenvalue weighted by atomic mass is 35.5. The standard InChI is InChI=1S/C15H16Cl2N2OS/c1-21-15(10-18)4-6-19(7-5-15)14(20)9-11-2-3-12(16)13(17)8-11/h2-3,8H,4-7,9H2,1H3. The van der Waals surface area contributed by atoms with Gasteiger partial charge in [-0.3, -0.25) is 4.79 Å². The molecule has 1 heterocycles. The fraction of sp³-hybridized carbons (Fsp3) is 0.467. The molecule has 0 bridgehead atoms. The zero-order valence-electron chi connectivity index (χ0n) is 11.7. The summed E-state index contributed by atoms with van der Waals surface area (Å²) >= 11 is 13.4. The van der Waals surface area contributed by atoms with Crippen LogP contribution in [-0.2, 0) is 11.2 Å². The molecule has 1 saturated heterocycles. The topological polar surface area (TPSA) is 44.1 Å². The van der Waals surface area contributed by atoms with Gasteiger partial charge in [-0.25, -0.2) is 0 Å². The second-order valence-electron chi connectivity index (χ2n) is 5.12. The Morgan fingerprint density at radius 1 is 1.38 bits per heavy atom. The van der Waals surface area contributed by atoms with Crippen LogP contribution in [0.15, 0.2) is 18.2 Å². The molecule has 0 aliphatic carbocycles. The molecule has 0 unspecified atom stereocenters. The van der Waals surface area contributed by atoms with Crippen LogP contribution < -0.4 is 0 Å². The van der Waals surface area contributed by atoms with Crippen molar-refractivity contribution < 1.29 is 4.79 Å². The number of hydrogen-bond donors (Lipinski definition) is 0. The lowest BCUT2D eigenvalue weighted by molar-refractivity contribution is -0.131. The summed E-state index contributed by atoms with van der Waals surface area (Å²) < 4.78 is -0.333. The number of nitrogens with zero attached hydrogens (tertiary/aromatic N) is 2. The van der Waals surface area contributed by atoms with Crippen molar-refractivity contribution >= 4 is 40.9 Å². The quantitative estimate of drug-likeness (QED) is 0.839. The summed E-state index contributed by atoms with van der Waals surface area (Å²) in [5, 5.41) is 10.2. The third-order valence-corrected chi connectivity index (χ3v) is 5.88. The van der Waals surface area contributed by atoms with Crippen molar-refractivity contribution in [3.05, 3.63) is 33.8 Å². The van der Waals surface area contributed by atoms with Gasteiger partial charge in [0.2, 0.25) is 5.91 Å². The van der Waals surface area contributed by atoms with Crippen molar-refractivity contribution in [2.75, 3.05) is 19.3 Å². The number of carbonyl (C=O) groups is 1. The number of rotatable bonds is 3. The maximum atomic E-state index is 12.3. The van der Waals surface area contributed by atoms with Crippen LogP contribution >= 0.6 is 35.0 Å². The molecule has 0 aromatic heterocycles. The van der Waals surface area contributed by atoms with Crippen LogP contribution in [-0.4, -0.2) is 34.9 Å². The summed E-state index contributed by atoms with van der Waals surface area (Å²) in [6.07, 6.45) is 3.71. The number of halogens is 2. The van der Waals surface area contributed by atoms with Crippen LogP contribution in [0.1, 0.15) is 18.4 Å². The van der Waals surface area contributed by atoms with Gasteiger partial charge in [0, 0.05) is 13.1 Å². The molecule has 21 heavy (non-hydrogen) atoms. The summed E-state index contributed by atoms with van der Waals surface area (Å²) in [4.78, 5) is 14.1. The molecule has 1 aromatic rings. The zero-order chi connectivity index (χ0) is 15.5. The van der Waals surface area contributed by atoms with E-state index < -0.39 is 0 Å². The predicted molar refractivity (Wildman–Crippen MR) is 87.8 cm³/mol. The monoisotopic (exact) mass is 342 g/mol. The molecule has 6 heteroatoms. The van der Waals surface area contributed by atoms with Gasteiger partial charge in [0.1, 0.15) is 4.75 Å². The van der Waals surface area contributed by atoms with E-state index in [1.165, 1.54) is 0 Å². The van der Waals surface area contributed by atoms with E-state index in [4.69, 9.17) is 23.2 Å². The molecule has 0 N–H and O–H groups in total. The first kappa shape index (κ1) is 16.5. The smallest absolute Gasteiger partial charge is 0.226 e. The Balaban J connectivity index is 1.96. The fourth-order valence-corrected chi connectivity index (χ4v) is 3.42. The Labute approximate surface area is 139 Å². The van der Waals surface area contributed by atoms with E-state index in [0.29, 0.717) is 29.6 Å². The molecule has 3 nitrogen and oxygen atoms in total. The molecule has 1 aromatic carbocycles. The van der Waals surface area contributed by atoms with Crippen LogP contribution in [0.2, 0.25) is 10.0 Å². The summed E-state index contributed by atoms with van der Waals surface area (Å²) in [5.74, 6) is 0.0704. The molecule has 1 aliphatic rings. The average Bonchev–Trinajstić information content (AvgIpc) is 2.51. The molecule has 0 saturated carbocycles. The summed E-state index contributed by atoms with van der Waals surface area (Å²) in [7, 11) is 0. The second-order valence-corrected chi connectivity index (χ2v) is 7.12. The lowest BCUT2D eigenvalue weighted by atomic mass is 9.96. The van der Waals surface area contributed by atoms with Gasteiger partial charge in [-0.2, -0.15) is 5.26 Å². The molecular formula is C15H16Cl2N2OS. The minimum atomic E-state index is -0.333. The van der Waals surface area contributed by atoms with Crippen molar-refractivity contribution in [2.24, 2.45) is 0 Å². The van der Waals surface area contributed by atoms with Gasteiger partial charge < -0.3 is 4.90 Å². The van der Waals surface area contributed by atoms with E-state index in [9.17, 15) is 10.1 Å². The zero-order valence-corrected chi connectivity index (χ0v) is 14.1. The van der Waals surface area contributed by atoms with Crippen molar-refractivity contribution in [1.82, 2.24) is 4.90 Å². The van der Waals surface area contributed by atoms with E-state index in [1.54, 1.807) is 23.9 Å². The molecule has 0 atom stereocenters. The molecule has 1 aliphatic heterocycles. The second kappa shape index (κ2) is 6.91. The molecule has 112 valence electrons. The van der Waals surface area contributed by atoms with Crippen LogP contribution in [0.5, 0.6) is 0 Å². The van der Waals surface area contributed by atoms with Crippen molar-refractivity contribution in [3.63, 3.8) is 0 Å². The largest absolute Gasteiger partial charge is 0.342 e. The minimum Gasteiger partial charge on any atom is -0.342 e. The first-order chi connectivity index (χ1) is 9.99. The van der Waals surface area contributed by atoms with Gasteiger partial charge in [-0.15, -0.1) is 11.8 Å². The predicted octanol–water partition coefficient (Wildman–Crippen LogP) is 3.78. The first-order valence-electron chi connectivity index (χ1n) is 6.68. The van der Waals surface area contributed by atoms with Crippen LogP contribution in [0.4, 0.5) is 0 Å². The number of thioether (sulfide) groups is 1. The Morgan fingerprint density at radius 3 is 2.57 bits per heavy atom. The Morgan fingerprint density at radius 2 is 2.05 bits per heavy atom. The number of likely N-dealkylation sites (tertiary alicyclic amines) is 1. The highest BCUT2D eigenvalue weighted by Crippen LogP contribution is 2.34. The summed E-state index contributed by atoms with van der Waals surface area (Å²) in [6.45, 7) is 1.27. The average molecular weight is 343 g/mol. The van der Waals surface area contributed by atoms with Gasteiger partial charge in [0.25, 0.3) is 0 Å². The Hall–Kier alpha value is -0.890. The number of carbonyl (C=O) groups excluding carboxylic acids is 1. The Kier molecular flexibility index (Phi) is 5.43. The van der Waals surface area contributed by atoms with E-state index in [0.717, 1.165) is 18.4 Å². The number of benzene rings is 1. The minimum absolute atomic E-state index is 0.0704. The Bertz CT molecular complexity index is 578. The number of hydrogen-bond acceptors (Lipinski definition) is 3. The highest BCUT2D eigenvalue weighted by molar-refractivity contribution is 8.00. The van der Waals surface area contributed by atoms with Gasteiger partial charge in [-0.1, -0.05) is 29.3 Å².